The normalized spacial score (nSPS) is 33.5. The second-order valence-electron chi connectivity index (χ2n) is 4.34. The van der Waals surface area contributed by atoms with Crippen molar-refractivity contribution in [2.45, 2.75) is 44.6 Å². The van der Waals surface area contributed by atoms with Gasteiger partial charge < -0.3 is 28.8 Å². The van der Waals surface area contributed by atoms with Gasteiger partial charge in [0.25, 0.3) is 0 Å². The van der Waals surface area contributed by atoms with Gasteiger partial charge in [0.15, 0.2) is 12.4 Å². The maximum atomic E-state index is 11.2. The topological polar surface area (TPSA) is 101 Å². The number of esters is 2. The Labute approximate surface area is 116 Å². The summed E-state index contributed by atoms with van der Waals surface area (Å²) in [4.78, 5) is 22.0. The summed E-state index contributed by atoms with van der Waals surface area (Å²) >= 11 is 0. The van der Waals surface area contributed by atoms with Crippen LogP contribution in [0.4, 0.5) is 0 Å². The number of carbonyl (C=O) groups excluding carboxylic acids is 2. The van der Waals surface area contributed by atoms with E-state index in [4.69, 9.17) is 23.7 Å². The number of ether oxygens (including phenoxy) is 5. The molecule has 0 saturated carbocycles. The molecule has 0 aliphatic carbocycles. The van der Waals surface area contributed by atoms with E-state index in [0.29, 0.717) is 0 Å². The van der Waals surface area contributed by atoms with Gasteiger partial charge in [-0.1, -0.05) is 0 Å². The Balaban J connectivity index is 2.87. The first-order valence-corrected chi connectivity index (χ1v) is 6.10. The molecule has 1 fully saturated rings. The van der Waals surface area contributed by atoms with Crippen LogP contribution in [0.2, 0.25) is 0 Å². The average molecular weight is 292 g/mol. The molecular weight excluding hydrogens is 272 g/mol. The van der Waals surface area contributed by atoms with Crippen LogP contribution in [0.15, 0.2) is 0 Å². The zero-order valence-electron chi connectivity index (χ0n) is 11.9. The maximum absolute atomic E-state index is 11.2. The first kappa shape index (κ1) is 16.8. The minimum atomic E-state index is -1.32. The van der Waals surface area contributed by atoms with Crippen LogP contribution in [0.1, 0.15) is 13.8 Å². The molecule has 8 nitrogen and oxygen atoms in total. The van der Waals surface area contributed by atoms with E-state index in [-0.39, 0.29) is 6.61 Å². The molecule has 1 saturated heterocycles. The van der Waals surface area contributed by atoms with Gasteiger partial charge in [0.1, 0.15) is 24.9 Å². The summed E-state index contributed by atoms with van der Waals surface area (Å²) in [6.45, 7) is 2.37. The standard InChI is InChI=1S/C12H20O8/c1-6(13)18-5-8-9(16-3)10(19-7(2)14)11(17-4)12(15)20-8/h8-12,15H,5H2,1-4H3/t8-,9-,10+,11+,12+/m1/s1. The highest BCUT2D eigenvalue weighted by atomic mass is 16.7. The predicted molar refractivity (Wildman–Crippen MR) is 64.7 cm³/mol. The lowest BCUT2D eigenvalue weighted by Gasteiger charge is -2.42. The minimum absolute atomic E-state index is 0.126. The quantitative estimate of drug-likeness (QED) is 0.659. The van der Waals surface area contributed by atoms with Crippen LogP contribution < -0.4 is 0 Å². The average Bonchev–Trinajstić information content (AvgIpc) is 2.35. The number of aliphatic hydroxyl groups is 1. The predicted octanol–water partition coefficient (Wildman–Crippen LogP) is -0.772. The van der Waals surface area contributed by atoms with Crippen molar-refractivity contribution in [3.63, 3.8) is 0 Å². The Hall–Kier alpha value is -1.22. The van der Waals surface area contributed by atoms with Crippen molar-refractivity contribution < 1.29 is 38.4 Å². The molecule has 20 heavy (non-hydrogen) atoms. The van der Waals surface area contributed by atoms with Crippen LogP contribution in [0.3, 0.4) is 0 Å². The lowest BCUT2D eigenvalue weighted by Crippen LogP contribution is -2.61. The zero-order valence-corrected chi connectivity index (χ0v) is 11.9. The first-order valence-electron chi connectivity index (χ1n) is 6.10. The lowest BCUT2D eigenvalue weighted by atomic mass is 9.98. The lowest BCUT2D eigenvalue weighted by molar-refractivity contribution is -0.298. The van der Waals surface area contributed by atoms with E-state index in [0.717, 1.165) is 0 Å². The largest absolute Gasteiger partial charge is 0.463 e. The Morgan fingerprint density at radius 2 is 1.65 bits per heavy atom. The SMILES string of the molecule is CO[C@H]1[C@@H](OC(C)=O)[C@H](OC)[C@@H](COC(C)=O)O[C@@H]1O. The molecular formula is C12H20O8. The smallest absolute Gasteiger partial charge is 0.303 e. The van der Waals surface area contributed by atoms with Crippen molar-refractivity contribution in [3.8, 4) is 0 Å². The molecule has 116 valence electrons. The Bertz CT molecular complexity index is 344. The van der Waals surface area contributed by atoms with E-state index in [9.17, 15) is 14.7 Å². The van der Waals surface area contributed by atoms with Crippen LogP contribution in [0.25, 0.3) is 0 Å². The summed E-state index contributed by atoms with van der Waals surface area (Å²) in [6, 6.07) is 0. The minimum Gasteiger partial charge on any atom is -0.463 e. The molecule has 1 N–H and O–H groups in total. The Morgan fingerprint density at radius 3 is 2.10 bits per heavy atom. The second-order valence-corrected chi connectivity index (χ2v) is 4.34. The van der Waals surface area contributed by atoms with Crippen molar-refractivity contribution in [3.05, 3.63) is 0 Å². The molecule has 0 aromatic rings. The van der Waals surface area contributed by atoms with Gasteiger partial charge in [-0.25, -0.2) is 0 Å². The maximum Gasteiger partial charge on any atom is 0.303 e. The van der Waals surface area contributed by atoms with Gasteiger partial charge in [0.05, 0.1) is 0 Å². The molecule has 0 spiro atoms. The molecule has 1 aliphatic heterocycles. The molecule has 8 heteroatoms. The van der Waals surface area contributed by atoms with E-state index in [1.807, 2.05) is 0 Å². The highest BCUT2D eigenvalue weighted by molar-refractivity contribution is 5.66. The Kier molecular flexibility index (Phi) is 6.34. The molecule has 0 radical (unpaired) electrons. The summed E-state index contributed by atoms with van der Waals surface area (Å²) < 4.78 is 25.6. The third kappa shape index (κ3) is 4.14. The number of hydrogen-bond acceptors (Lipinski definition) is 8. The van der Waals surface area contributed by atoms with Gasteiger partial charge in [-0.05, 0) is 0 Å². The second kappa shape index (κ2) is 7.53. The summed E-state index contributed by atoms with van der Waals surface area (Å²) in [6.07, 6.45) is -4.58. The van der Waals surface area contributed by atoms with E-state index in [1.165, 1.54) is 28.1 Å². The molecule has 0 aromatic carbocycles. The number of methoxy groups -OCH3 is 2. The van der Waals surface area contributed by atoms with Crippen LogP contribution in [-0.2, 0) is 33.3 Å². The summed E-state index contributed by atoms with van der Waals surface area (Å²) in [7, 11) is 2.75. The van der Waals surface area contributed by atoms with Crippen molar-refractivity contribution >= 4 is 11.9 Å². The highest BCUT2D eigenvalue weighted by Gasteiger charge is 2.48. The van der Waals surface area contributed by atoms with Crippen LogP contribution in [-0.4, -0.2) is 68.6 Å². The number of carbonyl (C=O) groups is 2. The summed E-state index contributed by atoms with van der Waals surface area (Å²) in [5.74, 6) is -1.03. The highest BCUT2D eigenvalue weighted by Crippen LogP contribution is 2.26. The fraction of sp³-hybridized carbons (Fsp3) is 0.833. The van der Waals surface area contributed by atoms with Crippen molar-refractivity contribution in [1.29, 1.82) is 0 Å². The van der Waals surface area contributed by atoms with Crippen LogP contribution >= 0.6 is 0 Å². The third-order valence-corrected chi connectivity index (χ3v) is 2.91. The van der Waals surface area contributed by atoms with Crippen molar-refractivity contribution in [1.82, 2.24) is 0 Å². The fourth-order valence-electron chi connectivity index (χ4n) is 2.09. The third-order valence-electron chi connectivity index (χ3n) is 2.91. The molecule has 0 unspecified atom stereocenters. The molecule has 1 heterocycles. The van der Waals surface area contributed by atoms with Gasteiger partial charge in [0.2, 0.25) is 0 Å². The monoisotopic (exact) mass is 292 g/mol. The molecule has 0 bridgehead atoms. The van der Waals surface area contributed by atoms with E-state index < -0.39 is 42.6 Å². The van der Waals surface area contributed by atoms with Gasteiger partial charge >= 0.3 is 11.9 Å². The molecule has 1 rings (SSSR count). The molecule has 0 amide bonds. The fourth-order valence-corrected chi connectivity index (χ4v) is 2.09. The van der Waals surface area contributed by atoms with Gasteiger partial charge in [-0.2, -0.15) is 0 Å². The van der Waals surface area contributed by atoms with E-state index in [1.54, 1.807) is 0 Å². The van der Waals surface area contributed by atoms with E-state index in [2.05, 4.69) is 0 Å². The van der Waals surface area contributed by atoms with Crippen molar-refractivity contribution in [2.24, 2.45) is 0 Å². The van der Waals surface area contributed by atoms with Crippen LogP contribution in [0.5, 0.6) is 0 Å². The Morgan fingerprint density at radius 1 is 1.05 bits per heavy atom. The summed E-state index contributed by atoms with van der Waals surface area (Å²) in [5, 5.41) is 9.87. The number of hydrogen-bond donors (Lipinski definition) is 1. The van der Waals surface area contributed by atoms with Gasteiger partial charge in [-0.3, -0.25) is 9.59 Å². The zero-order chi connectivity index (χ0) is 15.3. The molecule has 5 atom stereocenters. The van der Waals surface area contributed by atoms with Gasteiger partial charge in [-0.15, -0.1) is 0 Å². The van der Waals surface area contributed by atoms with E-state index >= 15 is 0 Å². The first-order chi connectivity index (χ1) is 9.40. The van der Waals surface area contributed by atoms with Gasteiger partial charge in [0, 0.05) is 28.1 Å². The number of rotatable bonds is 5. The molecule has 1 aliphatic rings. The number of aliphatic hydroxyl groups excluding tert-OH is 1. The van der Waals surface area contributed by atoms with Crippen molar-refractivity contribution in [2.75, 3.05) is 20.8 Å². The molecule has 0 aromatic heterocycles. The summed E-state index contributed by atoms with van der Waals surface area (Å²) in [5.41, 5.74) is 0. The van der Waals surface area contributed by atoms with Crippen LogP contribution in [0, 0.1) is 0 Å².